The Bertz CT molecular complexity index is 1520. The van der Waals surface area contributed by atoms with Crippen molar-refractivity contribution in [2.75, 3.05) is 12.3 Å². The van der Waals surface area contributed by atoms with Crippen LogP contribution in [-0.4, -0.2) is 22.4 Å². The maximum absolute atomic E-state index is 14.9. The molecule has 0 atom stereocenters. The van der Waals surface area contributed by atoms with Gasteiger partial charge >= 0.3 is 6.18 Å². The second-order valence-corrected chi connectivity index (χ2v) is 8.19. The number of aromatic amines is 1. The molecule has 0 unspecified atom stereocenters. The van der Waals surface area contributed by atoms with Crippen molar-refractivity contribution in [3.8, 4) is 16.9 Å². The molecule has 2 aromatic heterocycles. The summed E-state index contributed by atoms with van der Waals surface area (Å²) in [6, 6.07) is 10.8. The molecule has 0 spiro atoms. The van der Waals surface area contributed by atoms with Crippen molar-refractivity contribution in [3.05, 3.63) is 87.7 Å². The van der Waals surface area contributed by atoms with Crippen LogP contribution in [0.2, 0.25) is 0 Å². The largest absolute Gasteiger partial charge is 0.487 e. The predicted octanol–water partition coefficient (Wildman–Crippen LogP) is 5.05. The number of fused-ring (bicyclic) bond motifs is 1. The summed E-state index contributed by atoms with van der Waals surface area (Å²) in [6.07, 6.45) is -3.11. The van der Waals surface area contributed by atoms with Gasteiger partial charge in [0.15, 0.2) is 0 Å². The Balaban J connectivity index is 1.67. The molecule has 0 aliphatic carbocycles. The Morgan fingerprint density at radius 1 is 1.14 bits per heavy atom. The fourth-order valence-electron chi connectivity index (χ4n) is 3.76. The number of nitrogens with one attached hydrogen (secondary N) is 2. The number of ether oxygens (including phenoxy) is 1. The summed E-state index contributed by atoms with van der Waals surface area (Å²) in [4.78, 5) is 31.6. The molecule has 4 N–H and O–H groups in total. The van der Waals surface area contributed by atoms with Crippen LogP contribution < -0.4 is 21.3 Å². The van der Waals surface area contributed by atoms with E-state index in [2.05, 4.69) is 15.3 Å². The first-order chi connectivity index (χ1) is 17.6. The normalized spacial score (nSPS) is 11.5. The quantitative estimate of drug-likeness (QED) is 0.299. The number of nitrogen functional groups attached to an aromatic ring is 1. The third kappa shape index (κ3) is 5.40. The van der Waals surface area contributed by atoms with Gasteiger partial charge < -0.3 is 20.8 Å². The number of amides is 1. The van der Waals surface area contributed by atoms with Crippen LogP contribution in [0.5, 0.6) is 5.75 Å². The third-order valence-electron chi connectivity index (χ3n) is 5.62. The molecule has 11 heteroatoms. The van der Waals surface area contributed by atoms with Gasteiger partial charge in [-0.2, -0.15) is 13.2 Å². The van der Waals surface area contributed by atoms with Crippen LogP contribution in [0.4, 0.5) is 23.2 Å². The van der Waals surface area contributed by atoms with E-state index in [-0.39, 0.29) is 40.4 Å². The predicted molar refractivity (Wildman–Crippen MR) is 131 cm³/mol. The maximum Gasteiger partial charge on any atom is 0.417 e. The standard InChI is InChI=1S/C26H22F4N4O3/c1-2-10-32-24(35)21-22(31)18-5-3-4-17(23(18)34-25(21)36)19-11-16(8-9-20(19)27)37-13-15-7-6-14(12-33-15)26(28,29)30/h3-9,11-12H,2,10,13H2,1H3,(H,32,35)(H3,31,34,36). The summed E-state index contributed by atoms with van der Waals surface area (Å²) < 4.78 is 58.7. The van der Waals surface area contributed by atoms with E-state index >= 15 is 0 Å². The molecule has 7 nitrogen and oxygen atoms in total. The first kappa shape index (κ1) is 25.7. The number of para-hydroxylation sites is 1. The van der Waals surface area contributed by atoms with E-state index in [9.17, 15) is 27.2 Å². The van der Waals surface area contributed by atoms with Crippen molar-refractivity contribution in [1.29, 1.82) is 0 Å². The van der Waals surface area contributed by atoms with Gasteiger partial charge in [0.1, 0.15) is 23.7 Å². The number of rotatable bonds is 7. The number of carbonyl (C=O) groups is 1. The number of hydrogen-bond acceptors (Lipinski definition) is 5. The topological polar surface area (TPSA) is 110 Å². The summed E-state index contributed by atoms with van der Waals surface area (Å²) in [5, 5.41) is 2.98. The number of H-pyrrole nitrogens is 1. The van der Waals surface area contributed by atoms with E-state index in [1.54, 1.807) is 18.2 Å². The molecule has 192 valence electrons. The number of halogens is 4. The van der Waals surface area contributed by atoms with Crippen molar-refractivity contribution >= 4 is 22.5 Å². The van der Waals surface area contributed by atoms with Crippen molar-refractivity contribution in [3.63, 3.8) is 0 Å². The minimum atomic E-state index is -4.50. The Morgan fingerprint density at radius 2 is 1.92 bits per heavy atom. The highest BCUT2D eigenvalue weighted by atomic mass is 19.4. The maximum atomic E-state index is 14.9. The molecule has 0 aliphatic heterocycles. The summed E-state index contributed by atoms with van der Waals surface area (Å²) in [7, 11) is 0. The van der Waals surface area contributed by atoms with Gasteiger partial charge in [0.25, 0.3) is 11.5 Å². The molecular formula is C26H22F4N4O3. The number of nitrogens with two attached hydrogens (primary N) is 1. The summed E-state index contributed by atoms with van der Waals surface area (Å²) in [5.74, 6) is -0.996. The lowest BCUT2D eigenvalue weighted by atomic mass is 9.99. The van der Waals surface area contributed by atoms with Crippen molar-refractivity contribution < 1.29 is 27.1 Å². The van der Waals surface area contributed by atoms with Gasteiger partial charge in [-0.1, -0.05) is 25.1 Å². The van der Waals surface area contributed by atoms with Crippen molar-refractivity contribution in [2.45, 2.75) is 26.1 Å². The van der Waals surface area contributed by atoms with Gasteiger partial charge in [-0.15, -0.1) is 0 Å². The third-order valence-corrected chi connectivity index (χ3v) is 5.62. The minimum Gasteiger partial charge on any atom is -0.487 e. The van der Waals surface area contributed by atoms with Crippen LogP contribution in [0.3, 0.4) is 0 Å². The number of nitrogens with zero attached hydrogens (tertiary/aromatic N) is 1. The number of carbonyl (C=O) groups excluding carboxylic acids is 1. The first-order valence-corrected chi connectivity index (χ1v) is 11.3. The Kier molecular flexibility index (Phi) is 7.14. The molecule has 37 heavy (non-hydrogen) atoms. The van der Waals surface area contributed by atoms with Crippen molar-refractivity contribution in [2.24, 2.45) is 0 Å². The molecule has 4 rings (SSSR count). The van der Waals surface area contributed by atoms with E-state index in [0.29, 0.717) is 30.1 Å². The van der Waals surface area contributed by atoms with E-state index in [1.165, 1.54) is 18.2 Å². The minimum absolute atomic E-state index is 0.0320. The van der Waals surface area contributed by atoms with Crippen LogP contribution in [-0.2, 0) is 12.8 Å². The van der Waals surface area contributed by atoms with E-state index in [1.807, 2.05) is 6.92 Å². The van der Waals surface area contributed by atoms with E-state index < -0.39 is 29.0 Å². The molecular weight excluding hydrogens is 492 g/mol. The fourth-order valence-corrected chi connectivity index (χ4v) is 3.76. The molecule has 4 aromatic rings. The summed E-state index contributed by atoms with van der Waals surface area (Å²) in [5.41, 5.74) is 5.20. The molecule has 0 bridgehead atoms. The molecule has 0 fully saturated rings. The van der Waals surface area contributed by atoms with Gasteiger partial charge in [0.2, 0.25) is 0 Å². The molecule has 0 saturated carbocycles. The zero-order valence-corrected chi connectivity index (χ0v) is 19.6. The van der Waals surface area contributed by atoms with Gasteiger partial charge in [-0.25, -0.2) is 4.39 Å². The zero-order chi connectivity index (χ0) is 26.7. The molecule has 1 amide bonds. The second kappa shape index (κ2) is 10.3. The van der Waals surface area contributed by atoms with Crippen LogP contribution in [0.15, 0.2) is 59.5 Å². The highest BCUT2D eigenvalue weighted by Gasteiger charge is 2.30. The van der Waals surface area contributed by atoms with Gasteiger partial charge in [0.05, 0.1) is 22.5 Å². The zero-order valence-electron chi connectivity index (χ0n) is 19.6. The number of pyridine rings is 2. The van der Waals surface area contributed by atoms with Crippen LogP contribution in [0, 0.1) is 5.82 Å². The van der Waals surface area contributed by atoms with Gasteiger partial charge in [-0.05, 0) is 36.8 Å². The smallest absolute Gasteiger partial charge is 0.417 e. The summed E-state index contributed by atoms with van der Waals surface area (Å²) >= 11 is 0. The number of alkyl halides is 3. The molecule has 0 aliphatic rings. The monoisotopic (exact) mass is 514 g/mol. The Labute approximate surface area is 208 Å². The molecule has 0 saturated heterocycles. The molecule has 2 heterocycles. The number of anilines is 1. The van der Waals surface area contributed by atoms with Crippen LogP contribution in [0.25, 0.3) is 22.0 Å². The lowest BCUT2D eigenvalue weighted by Gasteiger charge is -2.14. The average molecular weight is 514 g/mol. The van der Waals surface area contributed by atoms with E-state index in [4.69, 9.17) is 10.5 Å². The van der Waals surface area contributed by atoms with Crippen molar-refractivity contribution in [1.82, 2.24) is 15.3 Å². The molecule has 0 radical (unpaired) electrons. The fraction of sp³-hybridized carbons (Fsp3) is 0.192. The average Bonchev–Trinajstić information content (AvgIpc) is 2.86. The summed E-state index contributed by atoms with van der Waals surface area (Å²) in [6.45, 7) is 2.08. The van der Waals surface area contributed by atoms with Crippen LogP contribution >= 0.6 is 0 Å². The molecule has 2 aromatic carbocycles. The lowest BCUT2D eigenvalue weighted by Crippen LogP contribution is -2.31. The van der Waals surface area contributed by atoms with Gasteiger partial charge in [0, 0.05) is 29.3 Å². The number of aromatic nitrogens is 2. The van der Waals surface area contributed by atoms with Gasteiger partial charge in [-0.3, -0.25) is 14.6 Å². The highest BCUT2D eigenvalue weighted by Crippen LogP contribution is 2.34. The highest BCUT2D eigenvalue weighted by molar-refractivity contribution is 6.09. The van der Waals surface area contributed by atoms with E-state index in [0.717, 1.165) is 12.1 Å². The SMILES string of the molecule is CCCNC(=O)c1c(N)c2cccc(-c3cc(OCc4ccc(C(F)(F)F)cn4)ccc3F)c2[nH]c1=O. The first-order valence-electron chi connectivity index (χ1n) is 11.3. The second-order valence-electron chi connectivity index (χ2n) is 8.19. The number of benzene rings is 2. The van der Waals surface area contributed by atoms with Crippen LogP contribution in [0.1, 0.15) is 35.0 Å². The Hall–Kier alpha value is -4.41. The Morgan fingerprint density at radius 3 is 2.59 bits per heavy atom. The lowest BCUT2D eigenvalue weighted by molar-refractivity contribution is -0.137. The number of hydrogen-bond donors (Lipinski definition) is 3.